The molecule has 0 aliphatic carbocycles. The van der Waals surface area contributed by atoms with E-state index in [0.29, 0.717) is 24.2 Å². The number of carbonyl (C=O) groups is 2. The fourth-order valence-corrected chi connectivity index (χ4v) is 12.7. The van der Waals surface area contributed by atoms with E-state index in [2.05, 4.69) is 160 Å². The molecule has 0 radical (unpaired) electrons. The van der Waals surface area contributed by atoms with E-state index in [1.165, 1.54) is 26.2 Å². The van der Waals surface area contributed by atoms with E-state index in [1.807, 2.05) is 41.5 Å². The molecular formula is C67H147N6O12PS2+2. The third-order valence-corrected chi connectivity index (χ3v) is 20.5. The van der Waals surface area contributed by atoms with E-state index in [4.69, 9.17) is 17.4 Å². The molecule has 0 saturated carbocycles. The van der Waals surface area contributed by atoms with E-state index in [0.717, 1.165) is 4.48 Å². The molecule has 2 fully saturated rings. The zero-order valence-corrected chi connectivity index (χ0v) is 68.4. The number of sulfone groups is 1. The molecule has 0 bridgehead atoms. The van der Waals surface area contributed by atoms with Crippen LogP contribution in [0.5, 0.6) is 0 Å². The second-order valence-corrected chi connectivity index (χ2v) is 43.2. The summed E-state index contributed by atoms with van der Waals surface area (Å²) in [5, 5.41) is 0. The fraction of sp³-hybridized carbons (Fsp3) is 0.955. The molecule has 0 spiro atoms. The summed E-state index contributed by atoms with van der Waals surface area (Å²) < 4.78 is 76.1. The molecule has 532 valence electrons. The lowest BCUT2D eigenvalue weighted by molar-refractivity contribution is -0.973. The van der Waals surface area contributed by atoms with Gasteiger partial charge in [0.15, 0.2) is 9.84 Å². The lowest BCUT2D eigenvalue weighted by Crippen LogP contribution is -2.64. The lowest BCUT2D eigenvalue weighted by Gasteiger charge is -2.47. The van der Waals surface area contributed by atoms with Crippen molar-refractivity contribution in [1.82, 2.24) is 24.5 Å². The van der Waals surface area contributed by atoms with Crippen LogP contribution in [0.3, 0.4) is 0 Å². The molecule has 1 N–H and O–H groups in total. The number of nitrogens with zero attached hydrogens (tertiary/aromatic N) is 6. The van der Waals surface area contributed by atoms with E-state index >= 15 is 0 Å². The first-order valence-electron chi connectivity index (χ1n) is 31.5. The van der Waals surface area contributed by atoms with Crippen molar-refractivity contribution in [2.75, 3.05) is 60.4 Å². The summed E-state index contributed by atoms with van der Waals surface area (Å²) in [6.45, 7) is 90.7. The first kappa shape index (κ1) is 95.3. The molecule has 0 aromatic heterocycles. The normalized spacial score (nSPS) is 16.9. The van der Waals surface area contributed by atoms with Gasteiger partial charge in [-0.2, -0.15) is 8.42 Å². The number of hydrogen-bond donors (Lipinski definition) is 1. The minimum absolute atomic E-state index is 0.0677. The summed E-state index contributed by atoms with van der Waals surface area (Å²) in [6.07, 6.45) is 0. The summed E-state index contributed by atoms with van der Waals surface area (Å²) >= 11 is 0. The molecule has 0 atom stereocenters. The second-order valence-electron chi connectivity index (χ2n) is 37.3. The number of amides is 2. The van der Waals surface area contributed by atoms with Crippen LogP contribution in [0.4, 0.5) is 0 Å². The zero-order valence-electron chi connectivity index (χ0n) is 65.8. The number of carbonyl (C=O) groups excluding carboxylic acids is 2. The lowest BCUT2D eigenvalue weighted by atomic mass is 9.93. The van der Waals surface area contributed by atoms with Crippen molar-refractivity contribution in [2.24, 2.45) is 0 Å². The number of quaternary nitrogens is 1. The van der Waals surface area contributed by atoms with Crippen LogP contribution < -0.4 is 0 Å². The molecule has 0 aromatic rings. The molecule has 2 rings (SSSR count). The van der Waals surface area contributed by atoms with Gasteiger partial charge in [0.2, 0.25) is 5.54 Å². The molecule has 18 nitrogen and oxygen atoms in total. The molecule has 2 aliphatic rings. The number of piperazine rings is 2. The number of phosphoric ester groups is 1. The first-order valence-corrected chi connectivity index (χ1v) is 35.8. The van der Waals surface area contributed by atoms with Gasteiger partial charge >= 0.3 is 30.0 Å². The minimum Gasteiger partial charge on any atom is -0.328 e. The van der Waals surface area contributed by atoms with Gasteiger partial charge in [-0.25, -0.2) is 21.3 Å². The third kappa shape index (κ3) is 40.0. The van der Waals surface area contributed by atoms with E-state index in [1.54, 1.807) is 134 Å². The van der Waals surface area contributed by atoms with Gasteiger partial charge in [-0.05, 0) is 277 Å². The highest BCUT2D eigenvalue weighted by atomic mass is 32.3. The summed E-state index contributed by atoms with van der Waals surface area (Å²) in [7, 11) is -4.22. The maximum Gasteiger partial charge on any atom is 0.473 e. The highest BCUT2D eigenvalue weighted by Crippen LogP contribution is 2.50. The predicted molar refractivity (Wildman–Crippen MR) is 375 cm³/mol. The van der Waals surface area contributed by atoms with Gasteiger partial charge in [-0.3, -0.25) is 37.8 Å². The van der Waals surface area contributed by atoms with Gasteiger partial charge in [0, 0.05) is 86.3 Å². The Morgan fingerprint density at radius 3 is 0.761 bits per heavy atom. The molecule has 2 heterocycles. The summed E-state index contributed by atoms with van der Waals surface area (Å²) in [6, 6.07) is 0. The van der Waals surface area contributed by atoms with Gasteiger partial charge in [-0.1, -0.05) is 0 Å². The average molecular weight is 1320 g/mol. The van der Waals surface area contributed by atoms with Gasteiger partial charge in [0.1, 0.15) is 6.92 Å². The first-order chi connectivity index (χ1) is 37.2. The maximum atomic E-state index is 12.0. The van der Waals surface area contributed by atoms with Crippen molar-refractivity contribution >= 4 is 39.9 Å². The Bertz CT molecular complexity index is 2210. The Hall–Kier alpha value is -1.42. The van der Waals surface area contributed by atoms with Crippen LogP contribution in [0, 0.1) is 6.92 Å². The van der Waals surface area contributed by atoms with E-state index < -0.39 is 60.0 Å². The molecule has 21 heteroatoms. The standard InChI is InChI=1S/C12H22N2O2.C12H26N2.C10H23N.C9H21N.C8H19O4P.C8H18O4S.C8H18O2S/c1-11(2,3)13-7-8-14(12(4,5)6)10(16)9(13)15;1-11(2,3)13-7-9-14(10-8-13)12(4,5)6;1-9(2,3)11(7,8)10(4,5)6;1-8(2,3)10(7)9(4,5)6;2*1-7(2,3)11-13(9,10)12-8(4,5)6;1-7(2,3)11(9,10)8(4,5)6/h7-8H2,1-6H3;7-10H2,1-6H3;1H2,2-8H3;1-7H3;1-6H3,(H,9,10);1-6H3;1-6H3/q;;+2;;;;. The maximum absolute atomic E-state index is 12.0. The number of hydrogen-bond acceptors (Lipinski definition) is 14. The van der Waals surface area contributed by atoms with Crippen LogP contribution in [0.25, 0.3) is 0 Å². The van der Waals surface area contributed by atoms with Crippen molar-refractivity contribution in [3.8, 4) is 0 Å². The summed E-state index contributed by atoms with van der Waals surface area (Å²) in [4.78, 5) is 44.1. The van der Waals surface area contributed by atoms with Crippen molar-refractivity contribution in [3.63, 3.8) is 0 Å². The monoisotopic (exact) mass is 1320 g/mol. The molecule has 0 unspecified atom stereocenters. The molecule has 0 aromatic carbocycles. The minimum atomic E-state index is -3.94. The van der Waals surface area contributed by atoms with Gasteiger partial charge in [0.25, 0.3) is 0 Å². The van der Waals surface area contributed by atoms with Crippen LogP contribution in [0.15, 0.2) is 0 Å². The smallest absolute Gasteiger partial charge is 0.328 e. The van der Waals surface area contributed by atoms with E-state index in [-0.39, 0.29) is 45.0 Å². The van der Waals surface area contributed by atoms with Crippen LogP contribution >= 0.6 is 7.82 Å². The molecule has 2 saturated heterocycles. The van der Waals surface area contributed by atoms with Gasteiger partial charge < -0.3 is 14.7 Å². The Morgan fingerprint density at radius 2 is 0.659 bits per heavy atom. The molecule has 2 amide bonds. The molecular weight excluding hydrogens is 1180 g/mol. The molecule has 88 heavy (non-hydrogen) atoms. The second kappa shape index (κ2) is 32.3. The number of phosphoric acid groups is 1. The quantitative estimate of drug-likeness (QED) is 0.118. The highest BCUT2D eigenvalue weighted by molar-refractivity contribution is 7.94. The number of rotatable bonds is 5. The van der Waals surface area contributed by atoms with Crippen LogP contribution in [-0.2, 0) is 51.8 Å². The predicted octanol–water partition coefficient (Wildman–Crippen LogP) is 15.0. The molecule has 2 aliphatic heterocycles. The fourth-order valence-electron chi connectivity index (χ4n) is 8.14. The SMILES string of the molecule is CC(C)(C)N1CCN(C(C)(C)C)C(=O)C1=O.CC(C)(C)N1CCN(C(C)(C)C)CC1.CC(C)(C)OP(=O)(O)OC(C)(C)C.CC(C)(C)OS(=O)(=O)OC(C)(C)C.CC(C)(C)S(=O)(=O)C(C)(C)C.CN(C(C)(C)C)C(C)(C)C.[CH2+]C(C)(C)[N+](C)(C)C(C)(C)C. The van der Waals surface area contributed by atoms with Gasteiger partial charge in [0.05, 0.1) is 51.5 Å². The Morgan fingerprint density at radius 1 is 0.432 bits per heavy atom. The largest absolute Gasteiger partial charge is 0.473 e. The van der Waals surface area contributed by atoms with Crippen molar-refractivity contribution < 1.29 is 57.8 Å². The van der Waals surface area contributed by atoms with Crippen molar-refractivity contribution in [2.45, 2.75) is 360 Å². The van der Waals surface area contributed by atoms with E-state index in [9.17, 15) is 35.9 Å². The van der Waals surface area contributed by atoms with Crippen LogP contribution in [-0.4, -0.2) is 199 Å². The Balaban J connectivity index is -0.000000306. The van der Waals surface area contributed by atoms with Gasteiger partial charge in [-0.15, -0.1) is 0 Å². The van der Waals surface area contributed by atoms with Crippen molar-refractivity contribution in [1.29, 1.82) is 0 Å². The highest BCUT2D eigenvalue weighted by Gasteiger charge is 2.47. The summed E-state index contributed by atoms with van der Waals surface area (Å²) in [5.41, 5.74) is -1.90. The zero-order chi connectivity index (χ0) is 73.1. The van der Waals surface area contributed by atoms with Crippen LogP contribution in [0.2, 0.25) is 0 Å². The third-order valence-electron chi connectivity index (χ3n) is 14.3. The topological polar surface area (TPSA) is 193 Å². The Kier molecular flexibility index (Phi) is 35.0. The van der Waals surface area contributed by atoms with Crippen LogP contribution in [0.1, 0.15) is 284 Å². The summed E-state index contributed by atoms with van der Waals surface area (Å²) in [5.74, 6) is -0.762. The Labute approximate surface area is 546 Å². The average Bonchev–Trinajstić information content (AvgIpc) is 3.15. The van der Waals surface area contributed by atoms with Crippen molar-refractivity contribution in [3.05, 3.63) is 6.92 Å².